The van der Waals surface area contributed by atoms with Gasteiger partial charge in [0.1, 0.15) is 0 Å². The molecule has 6 heteroatoms. The number of carbonyl (C=O) groups excluding carboxylic acids is 1. The highest BCUT2D eigenvalue weighted by Gasteiger charge is 2.33. The quantitative estimate of drug-likeness (QED) is 0.593. The van der Waals surface area contributed by atoms with Crippen molar-refractivity contribution in [3.8, 4) is 11.5 Å². The van der Waals surface area contributed by atoms with Gasteiger partial charge in [0.15, 0.2) is 11.5 Å². The van der Waals surface area contributed by atoms with Gasteiger partial charge in [0.2, 0.25) is 5.91 Å². The van der Waals surface area contributed by atoms with Crippen LogP contribution in [0.5, 0.6) is 11.5 Å². The average molecular weight is 437 g/mol. The Morgan fingerprint density at radius 3 is 2.45 bits per heavy atom. The lowest BCUT2D eigenvalue weighted by molar-refractivity contribution is -0.131. The fourth-order valence-electron chi connectivity index (χ4n) is 4.33. The van der Waals surface area contributed by atoms with Crippen LogP contribution < -0.4 is 14.8 Å². The molecule has 1 aliphatic rings. The molecule has 3 aromatic rings. The predicted molar refractivity (Wildman–Crippen MR) is 126 cm³/mol. The number of rotatable bonds is 6. The summed E-state index contributed by atoms with van der Waals surface area (Å²) in [6.45, 7) is 5.05. The van der Waals surface area contributed by atoms with E-state index in [1.54, 1.807) is 25.6 Å². The molecule has 1 N–H and O–H groups in total. The fraction of sp³-hybridized carbons (Fsp3) is 0.320. The van der Waals surface area contributed by atoms with Crippen LogP contribution in [0.15, 0.2) is 47.8 Å². The molecule has 1 unspecified atom stereocenters. The topological polar surface area (TPSA) is 50.8 Å². The standard InChI is InChI=1S/C25H28N2O3S/c1-16-7-5-8-17(2)24(16)26-15-23(28)27-11-10-18-13-20(29-3)21(30-4)14-19(18)25(27)22-9-6-12-31-22/h5-9,12-14,25-26H,10-11,15H2,1-4H3. The molecule has 1 aliphatic heterocycles. The minimum Gasteiger partial charge on any atom is -0.493 e. The molecule has 5 nitrogen and oxygen atoms in total. The zero-order valence-corrected chi connectivity index (χ0v) is 19.2. The minimum atomic E-state index is -0.129. The molecule has 31 heavy (non-hydrogen) atoms. The summed E-state index contributed by atoms with van der Waals surface area (Å²) >= 11 is 1.67. The summed E-state index contributed by atoms with van der Waals surface area (Å²) in [7, 11) is 3.30. The number of fused-ring (bicyclic) bond motifs is 1. The molecular weight excluding hydrogens is 408 g/mol. The lowest BCUT2D eigenvalue weighted by Crippen LogP contribution is -2.43. The van der Waals surface area contributed by atoms with E-state index < -0.39 is 0 Å². The average Bonchev–Trinajstić information content (AvgIpc) is 3.31. The maximum absolute atomic E-state index is 13.4. The first-order valence-corrected chi connectivity index (χ1v) is 11.3. The number of aryl methyl sites for hydroxylation is 2. The van der Waals surface area contributed by atoms with Crippen LogP contribution in [0, 0.1) is 13.8 Å². The van der Waals surface area contributed by atoms with Gasteiger partial charge in [-0.3, -0.25) is 4.79 Å². The Kier molecular flexibility index (Phi) is 6.18. The van der Waals surface area contributed by atoms with Gasteiger partial charge in [0, 0.05) is 17.1 Å². The predicted octanol–water partition coefficient (Wildman–Crippen LogP) is 4.97. The first kappa shape index (κ1) is 21.2. The number of amides is 1. The molecule has 0 saturated heterocycles. The van der Waals surface area contributed by atoms with E-state index in [2.05, 4.69) is 42.7 Å². The van der Waals surface area contributed by atoms with Gasteiger partial charge in [0.05, 0.1) is 26.8 Å². The van der Waals surface area contributed by atoms with E-state index in [-0.39, 0.29) is 18.5 Å². The number of methoxy groups -OCH3 is 2. The highest BCUT2D eigenvalue weighted by Crippen LogP contribution is 2.42. The van der Waals surface area contributed by atoms with E-state index in [0.717, 1.165) is 39.4 Å². The molecule has 0 radical (unpaired) electrons. The van der Waals surface area contributed by atoms with Crippen molar-refractivity contribution in [2.24, 2.45) is 0 Å². The Morgan fingerprint density at radius 1 is 1.10 bits per heavy atom. The summed E-state index contributed by atoms with van der Waals surface area (Å²) in [5.74, 6) is 1.50. The maximum Gasteiger partial charge on any atom is 0.242 e. The molecule has 2 heterocycles. The largest absolute Gasteiger partial charge is 0.493 e. The zero-order chi connectivity index (χ0) is 22.0. The number of hydrogen-bond donors (Lipinski definition) is 1. The second kappa shape index (κ2) is 9.02. The third-order valence-electron chi connectivity index (χ3n) is 5.90. The Labute approximate surface area is 187 Å². The van der Waals surface area contributed by atoms with Crippen LogP contribution >= 0.6 is 11.3 Å². The fourth-order valence-corrected chi connectivity index (χ4v) is 5.18. The lowest BCUT2D eigenvalue weighted by Gasteiger charge is -2.37. The molecule has 1 amide bonds. The van der Waals surface area contributed by atoms with Crippen LogP contribution in [0.25, 0.3) is 0 Å². The first-order valence-electron chi connectivity index (χ1n) is 10.4. The molecule has 4 rings (SSSR count). The first-order chi connectivity index (χ1) is 15.0. The maximum atomic E-state index is 13.4. The van der Waals surface area contributed by atoms with Crippen molar-refractivity contribution >= 4 is 22.9 Å². The van der Waals surface area contributed by atoms with E-state index in [1.807, 2.05) is 29.2 Å². The summed E-state index contributed by atoms with van der Waals surface area (Å²) < 4.78 is 11.1. The van der Waals surface area contributed by atoms with Crippen LogP contribution in [0.2, 0.25) is 0 Å². The Morgan fingerprint density at radius 2 is 1.81 bits per heavy atom. The van der Waals surface area contributed by atoms with Crippen molar-refractivity contribution in [1.29, 1.82) is 0 Å². The highest BCUT2D eigenvalue weighted by molar-refractivity contribution is 7.10. The van der Waals surface area contributed by atoms with Gasteiger partial charge in [0.25, 0.3) is 0 Å². The minimum absolute atomic E-state index is 0.0847. The molecule has 0 fully saturated rings. The summed E-state index contributed by atoms with van der Waals surface area (Å²) in [6.07, 6.45) is 0.784. The van der Waals surface area contributed by atoms with Crippen molar-refractivity contribution < 1.29 is 14.3 Å². The molecule has 2 aromatic carbocycles. The number of para-hydroxylation sites is 1. The van der Waals surface area contributed by atoms with Gasteiger partial charge in [-0.25, -0.2) is 0 Å². The Balaban J connectivity index is 1.65. The second-order valence-electron chi connectivity index (χ2n) is 7.78. The molecule has 0 bridgehead atoms. The number of carbonyl (C=O) groups is 1. The number of thiophene rings is 1. The molecule has 0 saturated carbocycles. The number of hydrogen-bond acceptors (Lipinski definition) is 5. The molecule has 0 spiro atoms. The van der Waals surface area contributed by atoms with Crippen LogP contribution in [0.3, 0.4) is 0 Å². The normalized spacial score (nSPS) is 15.4. The van der Waals surface area contributed by atoms with Gasteiger partial charge >= 0.3 is 0 Å². The molecule has 162 valence electrons. The Hall–Kier alpha value is -2.99. The molecule has 1 atom stereocenters. The third-order valence-corrected chi connectivity index (χ3v) is 6.83. The van der Waals surface area contributed by atoms with E-state index in [4.69, 9.17) is 9.47 Å². The van der Waals surface area contributed by atoms with Crippen molar-refractivity contribution in [3.05, 3.63) is 75.0 Å². The van der Waals surface area contributed by atoms with Crippen molar-refractivity contribution in [3.63, 3.8) is 0 Å². The van der Waals surface area contributed by atoms with Crippen LogP contribution in [0.4, 0.5) is 5.69 Å². The summed E-state index contributed by atoms with van der Waals surface area (Å²) in [4.78, 5) is 16.5. The third kappa shape index (κ3) is 4.12. The number of ether oxygens (including phenoxy) is 2. The summed E-state index contributed by atoms with van der Waals surface area (Å²) in [6, 6.07) is 14.2. The zero-order valence-electron chi connectivity index (χ0n) is 18.4. The number of nitrogens with zero attached hydrogens (tertiary/aromatic N) is 1. The van der Waals surface area contributed by atoms with Crippen LogP contribution in [-0.2, 0) is 11.2 Å². The lowest BCUT2D eigenvalue weighted by atomic mass is 9.90. The molecule has 1 aromatic heterocycles. The van der Waals surface area contributed by atoms with E-state index in [1.165, 1.54) is 5.56 Å². The Bertz CT molecular complexity index is 1060. The van der Waals surface area contributed by atoms with Crippen molar-refractivity contribution in [1.82, 2.24) is 4.90 Å². The van der Waals surface area contributed by atoms with E-state index in [0.29, 0.717) is 12.3 Å². The van der Waals surface area contributed by atoms with Gasteiger partial charge in [-0.15, -0.1) is 11.3 Å². The number of anilines is 1. The number of nitrogens with one attached hydrogen (secondary N) is 1. The van der Waals surface area contributed by atoms with E-state index >= 15 is 0 Å². The van der Waals surface area contributed by atoms with Gasteiger partial charge < -0.3 is 19.7 Å². The monoisotopic (exact) mass is 436 g/mol. The SMILES string of the molecule is COc1cc2c(cc1OC)C(c1cccs1)N(C(=O)CNc1c(C)cccc1C)CC2. The smallest absolute Gasteiger partial charge is 0.242 e. The van der Waals surface area contributed by atoms with Crippen LogP contribution in [0.1, 0.15) is 33.2 Å². The molecular formula is C25H28N2O3S. The van der Waals surface area contributed by atoms with Crippen molar-refractivity contribution in [2.75, 3.05) is 32.6 Å². The summed E-state index contributed by atoms with van der Waals surface area (Å²) in [5.41, 5.74) is 5.62. The summed E-state index contributed by atoms with van der Waals surface area (Å²) in [5, 5.41) is 5.43. The molecule has 0 aliphatic carbocycles. The van der Waals surface area contributed by atoms with Crippen molar-refractivity contribution in [2.45, 2.75) is 26.3 Å². The highest BCUT2D eigenvalue weighted by atomic mass is 32.1. The van der Waals surface area contributed by atoms with E-state index in [9.17, 15) is 4.79 Å². The van der Waals surface area contributed by atoms with Gasteiger partial charge in [-0.2, -0.15) is 0 Å². The number of benzene rings is 2. The second-order valence-corrected chi connectivity index (χ2v) is 8.76. The van der Waals surface area contributed by atoms with Crippen LogP contribution in [-0.4, -0.2) is 38.1 Å². The van der Waals surface area contributed by atoms with Gasteiger partial charge in [-0.1, -0.05) is 24.3 Å². The van der Waals surface area contributed by atoms with Gasteiger partial charge in [-0.05, 0) is 66.1 Å².